The van der Waals surface area contributed by atoms with E-state index in [0.29, 0.717) is 31.1 Å². The Bertz CT molecular complexity index is 551. The van der Waals surface area contributed by atoms with E-state index in [0.717, 1.165) is 0 Å². The van der Waals surface area contributed by atoms with Crippen molar-refractivity contribution in [2.24, 2.45) is 0 Å². The van der Waals surface area contributed by atoms with E-state index in [-0.39, 0.29) is 12.5 Å². The summed E-state index contributed by atoms with van der Waals surface area (Å²) in [6, 6.07) is 8.38. The fourth-order valence-electron chi connectivity index (χ4n) is 2.18. The lowest BCUT2D eigenvalue weighted by Crippen LogP contribution is -2.52. The average molecular weight is 297 g/mol. The number of nitrogens with one attached hydrogen (secondary N) is 1. The average Bonchev–Trinajstić information content (AvgIpc) is 2.48. The highest BCUT2D eigenvalue weighted by molar-refractivity contribution is 7.89. The molecule has 1 N–H and O–H groups in total. The number of carbonyl (C=O) groups is 1. The Labute approximate surface area is 119 Å². The van der Waals surface area contributed by atoms with E-state index in [1.54, 1.807) is 42.3 Å². The highest BCUT2D eigenvalue weighted by Gasteiger charge is 2.29. The van der Waals surface area contributed by atoms with Crippen molar-refractivity contribution >= 4 is 15.9 Å². The summed E-state index contributed by atoms with van der Waals surface area (Å²) in [6.45, 7) is 1.84. The second-order valence-electron chi connectivity index (χ2n) is 4.63. The summed E-state index contributed by atoms with van der Waals surface area (Å²) in [5, 5.41) is 2.81. The minimum atomic E-state index is -3.44. The molecule has 20 heavy (non-hydrogen) atoms. The van der Waals surface area contributed by atoms with Crippen LogP contribution in [0.3, 0.4) is 0 Å². The van der Waals surface area contributed by atoms with Crippen LogP contribution in [0.25, 0.3) is 0 Å². The monoisotopic (exact) mass is 297 g/mol. The van der Waals surface area contributed by atoms with Gasteiger partial charge < -0.3 is 10.2 Å². The van der Waals surface area contributed by atoms with Gasteiger partial charge >= 0.3 is 0 Å². The van der Waals surface area contributed by atoms with Crippen molar-refractivity contribution in [3.05, 3.63) is 30.3 Å². The van der Waals surface area contributed by atoms with E-state index < -0.39 is 10.0 Å². The largest absolute Gasteiger partial charge is 0.339 e. The van der Waals surface area contributed by atoms with Crippen LogP contribution >= 0.6 is 0 Å². The molecule has 0 saturated carbocycles. The number of piperazine rings is 1. The Balaban J connectivity index is 2.02. The molecule has 2 rings (SSSR count). The van der Waals surface area contributed by atoms with E-state index in [1.807, 2.05) is 0 Å². The Morgan fingerprint density at radius 1 is 1.15 bits per heavy atom. The quantitative estimate of drug-likeness (QED) is 0.831. The number of sulfonamides is 1. The van der Waals surface area contributed by atoms with Crippen LogP contribution in [0.2, 0.25) is 0 Å². The molecule has 110 valence electrons. The van der Waals surface area contributed by atoms with Crippen molar-refractivity contribution in [1.82, 2.24) is 14.5 Å². The summed E-state index contributed by atoms with van der Waals surface area (Å²) in [5.41, 5.74) is 0. The fourth-order valence-corrected chi connectivity index (χ4v) is 3.63. The van der Waals surface area contributed by atoms with Gasteiger partial charge in [0.15, 0.2) is 0 Å². The number of benzene rings is 1. The molecule has 1 aromatic rings. The molecule has 0 unspecified atom stereocenters. The molecule has 0 spiro atoms. The zero-order chi connectivity index (χ0) is 14.6. The van der Waals surface area contributed by atoms with Crippen molar-refractivity contribution in [2.75, 3.05) is 39.8 Å². The number of hydrogen-bond acceptors (Lipinski definition) is 4. The maximum absolute atomic E-state index is 12.4. The standard InChI is InChI=1S/C13H19N3O3S/c1-14-11-13(17)15-7-9-16(10-8-15)20(18,19)12-5-3-2-4-6-12/h2-6,14H,7-11H2,1H3. The van der Waals surface area contributed by atoms with Gasteiger partial charge in [-0.15, -0.1) is 0 Å². The summed E-state index contributed by atoms with van der Waals surface area (Å²) in [6.07, 6.45) is 0. The molecule has 1 aliphatic heterocycles. The van der Waals surface area contributed by atoms with Crippen LogP contribution in [-0.4, -0.2) is 63.3 Å². The van der Waals surface area contributed by atoms with Crippen molar-refractivity contribution in [3.8, 4) is 0 Å². The molecule has 1 saturated heterocycles. The zero-order valence-electron chi connectivity index (χ0n) is 11.4. The maximum atomic E-state index is 12.4. The van der Waals surface area contributed by atoms with Crippen molar-refractivity contribution in [2.45, 2.75) is 4.90 Å². The van der Waals surface area contributed by atoms with Gasteiger partial charge in [-0.1, -0.05) is 18.2 Å². The van der Waals surface area contributed by atoms with Crippen molar-refractivity contribution in [3.63, 3.8) is 0 Å². The zero-order valence-corrected chi connectivity index (χ0v) is 12.3. The third-order valence-corrected chi connectivity index (χ3v) is 5.21. The van der Waals surface area contributed by atoms with E-state index in [2.05, 4.69) is 5.32 Å². The second kappa shape index (κ2) is 6.34. The maximum Gasteiger partial charge on any atom is 0.243 e. The molecule has 1 heterocycles. The van der Waals surface area contributed by atoms with Crippen LogP contribution in [0.5, 0.6) is 0 Å². The lowest BCUT2D eigenvalue weighted by atomic mass is 10.3. The molecule has 1 aliphatic rings. The number of nitrogens with zero attached hydrogens (tertiary/aromatic N) is 2. The Morgan fingerprint density at radius 3 is 2.30 bits per heavy atom. The van der Waals surface area contributed by atoms with Crippen molar-refractivity contribution < 1.29 is 13.2 Å². The first-order chi connectivity index (χ1) is 9.55. The van der Waals surface area contributed by atoms with Crippen molar-refractivity contribution in [1.29, 1.82) is 0 Å². The molecule has 0 aliphatic carbocycles. The third-order valence-electron chi connectivity index (χ3n) is 3.30. The van der Waals surface area contributed by atoms with Crippen LogP contribution in [-0.2, 0) is 14.8 Å². The van der Waals surface area contributed by atoms with E-state index in [1.165, 1.54) is 4.31 Å². The van der Waals surface area contributed by atoms with Gasteiger partial charge in [0.2, 0.25) is 15.9 Å². The minimum Gasteiger partial charge on any atom is -0.339 e. The number of amides is 1. The van der Waals surface area contributed by atoms with Gasteiger partial charge in [-0.2, -0.15) is 4.31 Å². The van der Waals surface area contributed by atoms with Gasteiger partial charge in [0, 0.05) is 26.2 Å². The first-order valence-electron chi connectivity index (χ1n) is 6.53. The van der Waals surface area contributed by atoms with Gasteiger partial charge in [0.05, 0.1) is 11.4 Å². The van der Waals surface area contributed by atoms with Gasteiger partial charge in [-0.05, 0) is 19.2 Å². The second-order valence-corrected chi connectivity index (χ2v) is 6.57. The van der Waals surface area contributed by atoms with Gasteiger partial charge in [0.1, 0.15) is 0 Å². The Hall–Kier alpha value is -1.44. The molecule has 0 radical (unpaired) electrons. The Kier molecular flexibility index (Phi) is 4.74. The van der Waals surface area contributed by atoms with Crippen LogP contribution in [0.1, 0.15) is 0 Å². The molecule has 7 heteroatoms. The first kappa shape index (κ1) is 15.0. The number of hydrogen-bond donors (Lipinski definition) is 1. The molecule has 1 aromatic carbocycles. The highest BCUT2D eigenvalue weighted by atomic mass is 32.2. The van der Waals surface area contributed by atoms with Crippen LogP contribution in [0, 0.1) is 0 Å². The number of rotatable bonds is 4. The SMILES string of the molecule is CNCC(=O)N1CCN(S(=O)(=O)c2ccccc2)CC1. The molecule has 1 fully saturated rings. The van der Waals surface area contributed by atoms with Crippen LogP contribution in [0.15, 0.2) is 35.2 Å². The topological polar surface area (TPSA) is 69.7 Å². The van der Waals surface area contributed by atoms with Crippen LogP contribution < -0.4 is 5.32 Å². The molecule has 0 aromatic heterocycles. The molecular formula is C13H19N3O3S. The van der Waals surface area contributed by atoms with Gasteiger partial charge in [0.25, 0.3) is 0 Å². The summed E-state index contributed by atoms with van der Waals surface area (Å²) >= 11 is 0. The summed E-state index contributed by atoms with van der Waals surface area (Å²) in [4.78, 5) is 13.7. The third kappa shape index (κ3) is 3.17. The summed E-state index contributed by atoms with van der Waals surface area (Å²) in [7, 11) is -1.73. The van der Waals surface area contributed by atoms with Gasteiger partial charge in [-0.3, -0.25) is 4.79 Å². The molecule has 0 atom stereocenters. The predicted molar refractivity (Wildman–Crippen MR) is 75.7 cm³/mol. The molecule has 6 nitrogen and oxygen atoms in total. The molecular weight excluding hydrogens is 278 g/mol. The summed E-state index contributed by atoms with van der Waals surface area (Å²) in [5.74, 6) is 0.00394. The Morgan fingerprint density at radius 2 is 1.75 bits per heavy atom. The normalized spacial score (nSPS) is 17.1. The molecule has 0 bridgehead atoms. The molecule has 1 amide bonds. The van der Waals surface area contributed by atoms with Gasteiger partial charge in [-0.25, -0.2) is 8.42 Å². The minimum absolute atomic E-state index is 0.00394. The van der Waals surface area contributed by atoms with Crippen LogP contribution in [0.4, 0.5) is 0 Å². The first-order valence-corrected chi connectivity index (χ1v) is 7.97. The lowest BCUT2D eigenvalue weighted by molar-refractivity contribution is -0.131. The highest BCUT2D eigenvalue weighted by Crippen LogP contribution is 2.17. The number of likely N-dealkylation sites (N-methyl/N-ethyl adjacent to an activating group) is 1. The lowest BCUT2D eigenvalue weighted by Gasteiger charge is -2.34. The fraction of sp³-hybridized carbons (Fsp3) is 0.462. The predicted octanol–water partition coefficient (Wildman–Crippen LogP) is -0.261. The van der Waals surface area contributed by atoms with E-state index in [9.17, 15) is 13.2 Å². The van der Waals surface area contributed by atoms with E-state index >= 15 is 0 Å². The summed E-state index contributed by atoms with van der Waals surface area (Å²) < 4.78 is 26.2. The number of carbonyl (C=O) groups excluding carboxylic acids is 1. The van der Waals surface area contributed by atoms with E-state index in [4.69, 9.17) is 0 Å². The smallest absolute Gasteiger partial charge is 0.243 e.